The molecule has 3 heterocycles. The molecule has 0 amide bonds. The van der Waals surface area contributed by atoms with Gasteiger partial charge in [0.25, 0.3) is 5.56 Å². The predicted molar refractivity (Wildman–Crippen MR) is 90.5 cm³/mol. The van der Waals surface area contributed by atoms with E-state index in [9.17, 15) is 9.59 Å². The standard InChI is InChI=1S/C18H13N3O4/c22-12(5-3-11-4-6-15-16(8-11)25-10-24-15)9-14-18(23)21-13-2-1-7-19-17(13)20-14/h1-8H,9-10H2,(H,21,23)/b5-3+. The Hall–Kier alpha value is -3.48. The molecule has 0 bridgehead atoms. The van der Waals surface area contributed by atoms with Crippen LogP contribution in [0.15, 0.2) is 47.4 Å². The lowest BCUT2D eigenvalue weighted by Crippen LogP contribution is -2.18. The number of aromatic amines is 1. The van der Waals surface area contributed by atoms with Gasteiger partial charge in [-0.05, 0) is 35.9 Å². The summed E-state index contributed by atoms with van der Waals surface area (Å²) in [6.45, 7) is 0.200. The Labute approximate surface area is 142 Å². The van der Waals surface area contributed by atoms with Gasteiger partial charge in [0.1, 0.15) is 5.69 Å². The van der Waals surface area contributed by atoms with Crippen molar-refractivity contribution < 1.29 is 14.3 Å². The molecule has 1 aromatic carbocycles. The third-order valence-electron chi connectivity index (χ3n) is 3.74. The third-order valence-corrected chi connectivity index (χ3v) is 3.74. The highest BCUT2D eigenvalue weighted by Gasteiger charge is 2.13. The first-order chi connectivity index (χ1) is 12.2. The van der Waals surface area contributed by atoms with E-state index in [1.807, 2.05) is 6.07 Å². The Bertz CT molecular complexity index is 1060. The molecule has 1 aliphatic rings. The van der Waals surface area contributed by atoms with Gasteiger partial charge in [-0.15, -0.1) is 0 Å². The molecule has 2 aromatic heterocycles. The number of carbonyl (C=O) groups is 1. The molecule has 0 saturated carbocycles. The van der Waals surface area contributed by atoms with Gasteiger partial charge in [-0.3, -0.25) is 9.59 Å². The van der Waals surface area contributed by atoms with E-state index in [1.165, 1.54) is 6.08 Å². The second-order valence-electron chi connectivity index (χ2n) is 5.48. The van der Waals surface area contributed by atoms with Crippen molar-refractivity contribution in [1.82, 2.24) is 15.0 Å². The summed E-state index contributed by atoms with van der Waals surface area (Å²) in [5.41, 5.74) is 1.51. The van der Waals surface area contributed by atoms with Gasteiger partial charge in [0.05, 0.1) is 11.9 Å². The highest BCUT2D eigenvalue weighted by molar-refractivity contribution is 5.95. The number of H-pyrrole nitrogens is 1. The maximum Gasteiger partial charge on any atom is 0.270 e. The SMILES string of the molecule is O=C(/C=C/c1ccc2c(c1)OCO2)Cc1nc2ncccc2[nH]c1=O. The van der Waals surface area contributed by atoms with Crippen LogP contribution in [0.25, 0.3) is 17.2 Å². The molecule has 7 heteroatoms. The smallest absolute Gasteiger partial charge is 0.270 e. The van der Waals surface area contributed by atoms with Crippen LogP contribution in [-0.2, 0) is 11.2 Å². The summed E-state index contributed by atoms with van der Waals surface area (Å²) in [4.78, 5) is 35.1. The van der Waals surface area contributed by atoms with Gasteiger partial charge in [-0.25, -0.2) is 9.97 Å². The molecule has 0 saturated heterocycles. The van der Waals surface area contributed by atoms with Crippen molar-refractivity contribution in [3.63, 3.8) is 0 Å². The first-order valence-corrected chi connectivity index (χ1v) is 7.63. The molecule has 0 spiro atoms. The zero-order valence-electron chi connectivity index (χ0n) is 13.1. The molecule has 3 aromatic rings. The van der Waals surface area contributed by atoms with Crippen LogP contribution in [0, 0.1) is 0 Å². The second kappa shape index (κ2) is 6.20. The molecule has 0 unspecified atom stereocenters. The number of ether oxygens (including phenoxy) is 2. The summed E-state index contributed by atoms with van der Waals surface area (Å²) < 4.78 is 10.5. The molecule has 25 heavy (non-hydrogen) atoms. The second-order valence-corrected chi connectivity index (χ2v) is 5.48. The van der Waals surface area contributed by atoms with Crippen molar-refractivity contribution >= 4 is 23.0 Å². The normalized spacial score (nSPS) is 12.8. The van der Waals surface area contributed by atoms with Crippen LogP contribution in [0.4, 0.5) is 0 Å². The molecule has 1 aliphatic heterocycles. The molecule has 0 radical (unpaired) electrons. The summed E-state index contributed by atoms with van der Waals surface area (Å²) in [6.07, 6.45) is 4.57. The van der Waals surface area contributed by atoms with E-state index in [-0.39, 0.29) is 30.3 Å². The number of rotatable bonds is 4. The first-order valence-electron chi connectivity index (χ1n) is 7.63. The van der Waals surface area contributed by atoms with E-state index in [0.29, 0.717) is 22.7 Å². The van der Waals surface area contributed by atoms with Crippen LogP contribution in [0.5, 0.6) is 11.5 Å². The summed E-state index contributed by atoms with van der Waals surface area (Å²) in [6, 6.07) is 8.81. The zero-order chi connectivity index (χ0) is 17.2. The molecule has 0 fully saturated rings. The Balaban J connectivity index is 1.52. The number of benzene rings is 1. The monoisotopic (exact) mass is 335 g/mol. The Morgan fingerprint density at radius 1 is 1.24 bits per heavy atom. The number of fused-ring (bicyclic) bond motifs is 2. The van der Waals surface area contributed by atoms with Crippen LogP contribution in [0.3, 0.4) is 0 Å². The van der Waals surface area contributed by atoms with E-state index >= 15 is 0 Å². The van der Waals surface area contributed by atoms with Crippen LogP contribution < -0.4 is 15.0 Å². The van der Waals surface area contributed by atoms with Crippen molar-refractivity contribution in [1.29, 1.82) is 0 Å². The molecule has 0 atom stereocenters. The molecule has 0 aliphatic carbocycles. The highest BCUT2D eigenvalue weighted by atomic mass is 16.7. The highest BCUT2D eigenvalue weighted by Crippen LogP contribution is 2.32. The summed E-state index contributed by atoms with van der Waals surface area (Å²) >= 11 is 0. The maximum absolute atomic E-state index is 12.2. The topological polar surface area (TPSA) is 94.2 Å². The van der Waals surface area contributed by atoms with Gasteiger partial charge in [-0.2, -0.15) is 0 Å². The lowest BCUT2D eigenvalue weighted by atomic mass is 10.1. The number of nitrogens with zero attached hydrogens (tertiary/aromatic N) is 2. The number of nitrogens with one attached hydrogen (secondary N) is 1. The summed E-state index contributed by atoms with van der Waals surface area (Å²) in [7, 11) is 0. The van der Waals surface area contributed by atoms with Gasteiger partial charge in [0.15, 0.2) is 22.9 Å². The van der Waals surface area contributed by atoms with E-state index in [2.05, 4.69) is 15.0 Å². The quantitative estimate of drug-likeness (QED) is 0.732. The number of allylic oxidation sites excluding steroid dienone is 1. The predicted octanol–water partition coefficient (Wildman–Crippen LogP) is 1.87. The molecule has 7 nitrogen and oxygen atoms in total. The van der Waals surface area contributed by atoms with Gasteiger partial charge >= 0.3 is 0 Å². The van der Waals surface area contributed by atoms with Gasteiger partial charge in [0, 0.05) is 6.20 Å². The van der Waals surface area contributed by atoms with E-state index in [1.54, 1.807) is 36.5 Å². The van der Waals surface area contributed by atoms with Crippen molar-refractivity contribution in [2.75, 3.05) is 6.79 Å². The lowest BCUT2D eigenvalue weighted by molar-refractivity contribution is -0.114. The molecular weight excluding hydrogens is 322 g/mol. The van der Waals surface area contributed by atoms with Crippen LogP contribution in [0.2, 0.25) is 0 Å². The third kappa shape index (κ3) is 3.12. The van der Waals surface area contributed by atoms with Crippen LogP contribution >= 0.6 is 0 Å². The minimum atomic E-state index is -0.384. The van der Waals surface area contributed by atoms with Crippen LogP contribution in [-0.4, -0.2) is 27.5 Å². The first kappa shape index (κ1) is 15.1. The fourth-order valence-corrected chi connectivity index (χ4v) is 2.51. The van der Waals surface area contributed by atoms with Crippen molar-refractivity contribution in [2.24, 2.45) is 0 Å². The van der Waals surface area contributed by atoms with E-state index < -0.39 is 0 Å². The number of hydrogen-bond donors (Lipinski definition) is 1. The number of carbonyl (C=O) groups excluding carboxylic acids is 1. The molecule has 1 N–H and O–H groups in total. The molecule has 124 valence electrons. The van der Waals surface area contributed by atoms with Gasteiger partial charge < -0.3 is 14.5 Å². The molecular formula is C18H13N3O4. The maximum atomic E-state index is 12.2. The van der Waals surface area contributed by atoms with Gasteiger partial charge in [0.2, 0.25) is 6.79 Å². The van der Waals surface area contributed by atoms with E-state index in [4.69, 9.17) is 9.47 Å². The number of ketones is 1. The fourth-order valence-electron chi connectivity index (χ4n) is 2.51. The Morgan fingerprint density at radius 2 is 2.12 bits per heavy atom. The number of hydrogen-bond acceptors (Lipinski definition) is 6. The van der Waals surface area contributed by atoms with Crippen molar-refractivity contribution in [3.8, 4) is 11.5 Å². The minimum Gasteiger partial charge on any atom is -0.454 e. The summed E-state index contributed by atoms with van der Waals surface area (Å²) in [5.74, 6) is 1.10. The molecule has 4 rings (SSSR count). The zero-order valence-corrected chi connectivity index (χ0v) is 13.1. The Morgan fingerprint density at radius 3 is 3.04 bits per heavy atom. The van der Waals surface area contributed by atoms with Gasteiger partial charge in [-0.1, -0.05) is 12.1 Å². The van der Waals surface area contributed by atoms with Crippen molar-refractivity contribution in [3.05, 3.63) is 64.2 Å². The largest absolute Gasteiger partial charge is 0.454 e. The fraction of sp³-hybridized carbons (Fsp3) is 0.111. The average Bonchev–Trinajstić information content (AvgIpc) is 3.08. The average molecular weight is 335 g/mol. The summed E-state index contributed by atoms with van der Waals surface area (Å²) in [5, 5.41) is 0. The number of pyridine rings is 1. The van der Waals surface area contributed by atoms with E-state index in [0.717, 1.165) is 5.56 Å². The van der Waals surface area contributed by atoms with Crippen molar-refractivity contribution in [2.45, 2.75) is 6.42 Å². The van der Waals surface area contributed by atoms with Crippen LogP contribution in [0.1, 0.15) is 11.3 Å². The lowest BCUT2D eigenvalue weighted by Gasteiger charge is -2.00. The Kier molecular flexibility index (Phi) is 3.74. The minimum absolute atomic E-state index is 0.0943. The number of aromatic nitrogens is 3.